The molecule has 5 heteroatoms. The highest BCUT2D eigenvalue weighted by atomic mass is 16.3. The van der Waals surface area contributed by atoms with E-state index in [0.717, 1.165) is 22.8 Å². The molecule has 0 aliphatic carbocycles. The highest BCUT2D eigenvalue weighted by Gasteiger charge is 2.15. The van der Waals surface area contributed by atoms with Crippen LogP contribution in [0.4, 0.5) is 5.82 Å². The van der Waals surface area contributed by atoms with E-state index in [-0.39, 0.29) is 6.04 Å². The van der Waals surface area contributed by atoms with E-state index in [1.165, 1.54) is 0 Å². The van der Waals surface area contributed by atoms with Crippen LogP contribution in [0.25, 0.3) is 11.3 Å². The molecule has 5 nitrogen and oxygen atoms in total. The minimum Gasteiger partial charge on any atom is -0.464 e. The zero-order valence-corrected chi connectivity index (χ0v) is 11.4. The van der Waals surface area contributed by atoms with E-state index in [4.69, 9.17) is 10.2 Å². The number of aryl methyl sites for hydroxylation is 1. The summed E-state index contributed by atoms with van der Waals surface area (Å²) in [5.41, 5.74) is 7.59. The second-order valence-electron chi connectivity index (χ2n) is 4.78. The minimum atomic E-state index is 0.0683. The Morgan fingerprint density at radius 3 is 2.70 bits per heavy atom. The first-order valence-corrected chi connectivity index (χ1v) is 6.45. The van der Waals surface area contributed by atoms with Crippen molar-refractivity contribution in [2.75, 3.05) is 5.73 Å². The van der Waals surface area contributed by atoms with E-state index in [0.29, 0.717) is 5.82 Å². The number of aromatic nitrogens is 3. The van der Waals surface area contributed by atoms with Crippen LogP contribution in [-0.2, 0) is 0 Å². The lowest BCUT2D eigenvalue weighted by molar-refractivity contribution is 0.430. The largest absolute Gasteiger partial charge is 0.464 e. The third-order valence-corrected chi connectivity index (χ3v) is 3.34. The third-order valence-electron chi connectivity index (χ3n) is 3.34. The van der Waals surface area contributed by atoms with Crippen LogP contribution in [0, 0.1) is 6.92 Å². The summed E-state index contributed by atoms with van der Waals surface area (Å²) in [6.45, 7) is 4.02. The van der Waals surface area contributed by atoms with Crippen LogP contribution in [-0.4, -0.2) is 14.5 Å². The maximum atomic E-state index is 5.69. The summed E-state index contributed by atoms with van der Waals surface area (Å²) in [6, 6.07) is 7.75. The average Bonchev–Trinajstić information content (AvgIpc) is 3.07. The zero-order valence-electron chi connectivity index (χ0n) is 11.4. The number of nitrogens with two attached hydrogens (primary N) is 1. The highest BCUT2D eigenvalue weighted by molar-refractivity contribution is 5.59. The van der Waals surface area contributed by atoms with Crippen LogP contribution in [0.15, 0.2) is 47.4 Å². The first kappa shape index (κ1) is 12.5. The predicted molar refractivity (Wildman–Crippen MR) is 77.1 cm³/mol. The average molecular weight is 268 g/mol. The van der Waals surface area contributed by atoms with Crippen molar-refractivity contribution in [2.45, 2.75) is 19.9 Å². The van der Waals surface area contributed by atoms with Gasteiger partial charge in [-0.2, -0.15) is 0 Å². The minimum absolute atomic E-state index is 0.0683. The number of anilines is 1. The van der Waals surface area contributed by atoms with Gasteiger partial charge in [-0.05, 0) is 38.1 Å². The molecule has 1 atom stereocenters. The van der Waals surface area contributed by atoms with Crippen molar-refractivity contribution in [3.8, 4) is 11.3 Å². The van der Waals surface area contributed by atoms with Crippen molar-refractivity contribution in [3.63, 3.8) is 0 Å². The monoisotopic (exact) mass is 268 g/mol. The molecule has 0 aromatic carbocycles. The fourth-order valence-electron chi connectivity index (χ4n) is 2.21. The molecule has 0 aliphatic rings. The highest BCUT2D eigenvalue weighted by Crippen LogP contribution is 2.27. The number of imidazole rings is 1. The van der Waals surface area contributed by atoms with Crippen LogP contribution in [0.1, 0.15) is 24.5 Å². The molecule has 3 aromatic heterocycles. The Morgan fingerprint density at radius 1 is 1.20 bits per heavy atom. The van der Waals surface area contributed by atoms with E-state index in [1.54, 1.807) is 18.6 Å². The summed E-state index contributed by atoms with van der Waals surface area (Å²) in [5, 5.41) is 0. The van der Waals surface area contributed by atoms with Crippen LogP contribution < -0.4 is 5.73 Å². The lowest BCUT2D eigenvalue weighted by Crippen LogP contribution is -2.06. The van der Waals surface area contributed by atoms with E-state index in [9.17, 15) is 0 Å². The summed E-state index contributed by atoms with van der Waals surface area (Å²) in [5.74, 6) is 2.32. The Hall–Kier alpha value is -2.56. The predicted octanol–water partition coefficient (Wildman–Crippen LogP) is 3.04. The maximum Gasteiger partial charge on any atom is 0.126 e. The molecule has 0 amide bonds. The van der Waals surface area contributed by atoms with Gasteiger partial charge in [0, 0.05) is 11.8 Å². The quantitative estimate of drug-likeness (QED) is 0.792. The fraction of sp³-hybridized carbons (Fsp3) is 0.200. The first-order chi connectivity index (χ1) is 9.65. The third kappa shape index (κ3) is 2.18. The Bertz CT molecular complexity index is 712. The molecule has 3 aromatic rings. The van der Waals surface area contributed by atoms with Crippen molar-refractivity contribution in [2.24, 2.45) is 0 Å². The zero-order chi connectivity index (χ0) is 14.1. The molecule has 0 saturated heterocycles. The van der Waals surface area contributed by atoms with Gasteiger partial charge >= 0.3 is 0 Å². The van der Waals surface area contributed by atoms with Gasteiger partial charge in [-0.3, -0.25) is 0 Å². The molecular weight excluding hydrogens is 252 g/mol. The molecule has 3 heterocycles. The van der Waals surface area contributed by atoms with Gasteiger partial charge in [0.05, 0.1) is 24.3 Å². The van der Waals surface area contributed by atoms with E-state index < -0.39 is 0 Å². The summed E-state index contributed by atoms with van der Waals surface area (Å²) >= 11 is 0. The lowest BCUT2D eigenvalue weighted by Gasteiger charge is -2.14. The summed E-state index contributed by atoms with van der Waals surface area (Å²) in [4.78, 5) is 8.36. The normalized spacial score (nSPS) is 12.5. The van der Waals surface area contributed by atoms with Crippen molar-refractivity contribution in [1.29, 1.82) is 0 Å². The Balaban J connectivity index is 1.99. The fourth-order valence-corrected chi connectivity index (χ4v) is 2.21. The summed E-state index contributed by atoms with van der Waals surface area (Å²) in [6.07, 6.45) is 5.37. The maximum absolute atomic E-state index is 5.69. The molecule has 0 radical (unpaired) electrons. The van der Waals surface area contributed by atoms with Gasteiger partial charge in [-0.1, -0.05) is 0 Å². The second-order valence-corrected chi connectivity index (χ2v) is 4.78. The molecule has 0 spiro atoms. The molecule has 102 valence electrons. The molecule has 0 aliphatic heterocycles. The molecule has 20 heavy (non-hydrogen) atoms. The molecule has 2 N–H and O–H groups in total. The summed E-state index contributed by atoms with van der Waals surface area (Å²) in [7, 11) is 0. The van der Waals surface area contributed by atoms with E-state index in [1.807, 2.05) is 31.3 Å². The van der Waals surface area contributed by atoms with E-state index in [2.05, 4.69) is 21.5 Å². The van der Waals surface area contributed by atoms with Crippen molar-refractivity contribution < 1.29 is 4.42 Å². The Morgan fingerprint density at radius 2 is 2.05 bits per heavy atom. The second kappa shape index (κ2) is 4.85. The number of hydrogen-bond acceptors (Lipinski definition) is 4. The summed E-state index contributed by atoms with van der Waals surface area (Å²) < 4.78 is 7.76. The first-order valence-electron chi connectivity index (χ1n) is 6.45. The standard InChI is InChI=1S/C15H16N4O/c1-10-3-5-14(20-10)11(2)19-9-17-8-13(19)12-4-6-15(16)18-7-12/h3-9,11H,1-2H3,(H2,16,18). The van der Waals surface area contributed by atoms with Gasteiger partial charge in [0.15, 0.2) is 0 Å². The van der Waals surface area contributed by atoms with E-state index >= 15 is 0 Å². The molecule has 1 unspecified atom stereocenters. The van der Waals surface area contributed by atoms with Gasteiger partial charge in [0.25, 0.3) is 0 Å². The number of rotatable bonds is 3. The molecule has 0 fully saturated rings. The van der Waals surface area contributed by atoms with Crippen LogP contribution in [0.2, 0.25) is 0 Å². The van der Waals surface area contributed by atoms with Crippen LogP contribution >= 0.6 is 0 Å². The number of furan rings is 1. The van der Waals surface area contributed by atoms with Gasteiger partial charge in [0.2, 0.25) is 0 Å². The Kier molecular flexibility index (Phi) is 3.02. The van der Waals surface area contributed by atoms with Gasteiger partial charge in [-0.25, -0.2) is 9.97 Å². The number of hydrogen-bond donors (Lipinski definition) is 1. The SMILES string of the molecule is Cc1ccc(C(C)n2cncc2-c2ccc(N)nc2)o1. The number of pyridine rings is 1. The van der Waals surface area contributed by atoms with Crippen LogP contribution in [0.5, 0.6) is 0 Å². The molecular formula is C15H16N4O. The Labute approximate surface area is 117 Å². The molecule has 0 bridgehead atoms. The number of nitrogen functional groups attached to an aromatic ring is 1. The molecule has 0 saturated carbocycles. The van der Waals surface area contributed by atoms with Gasteiger partial charge in [-0.15, -0.1) is 0 Å². The molecule has 3 rings (SSSR count). The lowest BCUT2D eigenvalue weighted by atomic mass is 10.2. The number of nitrogens with zero attached hydrogens (tertiary/aromatic N) is 3. The topological polar surface area (TPSA) is 69.9 Å². The van der Waals surface area contributed by atoms with Crippen molar-refractivity contribution in [1.82, 2.24) is 14.5 Å². The van der Waals surface area contributed by atoms with Gasteiger partial charge in [0.1, 0.15) is 17.3 Å². The van der Waals surface area contributed by atoms with Crippen LogP contribution in [0.3, 0.4) is 0 Å². The smallest absolute Gasteiger partial charge is 0.126 e. The van der Waals surface area contributed by atoms with Gasteiger partial charge < -0.3 is 14.7 Å². The van der Waals surface area contributed by atoms with Crippen molar-refractivity contribution >= 4 is 5.82 Å². The van der Waals surface area contributed by atoms with Crippen molar-refractivity contribution in [3.05, 3.63) is 54.5 Å².